The Morgan fingerprint density at radius 1 is 1.27 bits per heavy atom. The molecule has 2 aromatic heterocycles. The van der Waals surface area contributed by atoms with Crippen LogP contribution in [0, 0.1) is 0 Å². The maximum absolute atomic E-state index is 10.0. The lowest BCUT2D eigenvalue weighted by atomic mass is 10.2. The highest BCUT2D eigenvalue weighted by Gasteiger charge is 2.20. The first-order valence-corrected chi connectivity index (χ1v) is 7.15. The maximum atomic E-state index is 10.0. The highest BCUT2D eigenvalue weighted by atomic mass is 79.9. The number of halogens is 3. The van der Waals surface area contributed by atoms with Crippen molar-refractivity contribution in [3.05, 3.63) is 41.8 Å². The molecule has 1 N–H and O–H groups in total. The predicted molar refractivity (Wildman–Crippen MR) is 70.2 cm³/mol. The van der Waals surface area contributed by atoms with Gasteiger partial charge in [-0.2, -0.15) is 0 Å². The maximum Gasteiger partial charge on any atom is 0.151 e. The topological polar surface area (TPSA) is 33.4 Å². The number of aliphatic hydroxyl groups is 1. The molecule has 0 aliphatic carbocycles. The van der Waals surface area contributed by atoms with Crippen molar-refractivity contribution in [1.29, 1.82) is 0 Å². The lowest BCUT2D eigenvalue weighted by molar-refractivity contribution is 0.192. The Kier molecular flexibility index (Phi) is 3.72. The Labute approximate surface area is 116 Å². The van der Waals surface area contributed by atoms with E-state index in [4.69, 9.17) is 4.42 Å². The summed E-state index contributed by atoms with van der Waals surface area (Å²) >= 11 is 11.5. The van der Waals surface area contributed by atoms with Crippen LogP contribution in [-0.2, 0) is 0 Å². The average molecular weight is 417 g/mol. The quantitative estimate of drug-likeness (QED) is 0.769. The van der Waals surface area contributed by atoms with E-state index in [1.165, 1.54) is 11.3 Å². The molecule has 2 rings (SSSR count). The van der Waals surface area contributed by atoms with Crippen molar-refractivity contribution in [2.45, 2.75) is 6.10 Å². The third-order valence-corrected chi connectivity index (χ3v) is 5.79. The van der Waals surface area contributed by atoms with E-state index in [0.29, 0.717) is 5.76 Å². The van der Waals surface area contributed by atoms with Gasteiger partial charge in [-0.05, 0) is 59.9 Å². The van der Waals surface area contributed by atoms with Gasteiger partial charge in [-0.15, -0.1) is 11.3 Å². The Morgan fingerprint density at radius 2 is 2.00 bits per heavy atom. The Morgan fingerprint density at radius 3 is 2.47 bits per heavy atom. The molecule has 0 saturated heterocycles. The summed E-state index contributed by atoms with van der Waals surface area (Å²) in [6.07, 6.45) is 0.808. The van der Waals surface area contributed by atoms with Crippen molar-refractivity contribution in [3.63, 3.8) is 0 Å². The van der Waals surface area contributed by atoms with Crippen LogP contribution < -0.4 is 0 Å². The number of hydrogen-bond acceptors (Lipinski definition) is 3. The van der Waals surface area contributed by atoms with Gasteiger partial charge in [0.1, 0.15) is 6.10 Å². The molecular formula is C9H5Br3O2S. The van der Waals surface area contributed by atoms with Crippen LogP contribution in [0.5, 0.6) is 0 Å². The second-order valence-corrected chi connectivity index (χ2v) is 6.92. The highest BCUT2D eigenvalue weighted by molar-refractivity contribution is 9.13. The molecule has 6 heteroatoms. The molecular weight excluding hydrogens is 412 g/mol. The van der Waals surface area contributed by atoms with E-state index in [1.807, 2.05) is 6.07 Å². The van der Waals surface area contributed by atoms with Crippen LogP contribution >= 0.6 is 59.1 Å². The zero-order valence-electron chi connectivity index (χ0n) is 7.21. The largest absolute Gasteiger partial charge is 0.465 e. The van der Waals surface area contributed by atoms with Crippen molar-refractivity contribution >= 4 is 59.1 Å². The molecule has 2 nitrogen and oxygen atoms in total. The average Bonchev–Trinajstić information content (AvgIpc) is 2.74. The van der Waals surface area contributed by atoms with E-state index in [0.717, 1.165) is 17.6 Å². The minimum atomic E-state index is -0.734. The zero-order chi connectivity index (χ0) is 11.0. The van der Waals surface area contributed by atoms with Crippen LogP contribution in [0.15, 0.2) is 35.5 Å². The van der Waals surface area contributed by atoms with Crippen LogP contribution in [0.3, 0.4) is 0 Å². The van der Waals surface area contributed by atoms with Gasteiger partial charge in [-0.1, -0.05) is 0 Å². The van der Waals surface area contributed by atoms with Crippen molar-refractivity contribution < 1.29 is 9.52 Å². The SMILES string of the molecule is OC(c1cc(Br)c(Br)s1)c1occc1Br. The number of aliphatic hydroxyl groups excluding tert-OH is 1. The van der Waals surface area contributed by atoms with E-state index in [9.17, 15) is 5.11 Å². The molecule has 0 bridgehead atoms. The van der Waals surface area contributed by atoms with Crippen LogP contribution in [0.2, 0.25) is 0 Å². The minimum absolute atomic E-state index is 0.524. The molecule has 0 amide bonds. The lowest BCUT2D eigenvalue weighted by Gasteiger charge is -2.04. The Balaban J connectivity index is 2.36. The second-order valence-electron chi connectivity index (χ2n) is 2.81. The fourth-order valence-corrected chi connectivity index (χ4v) is 3.62. The summed E-state index contributed by atoms with van der Waals surface area (Å²) in [4.78, 5) is 0.824. The zero-order valence-corrected chi connectivity index (χ0v) is 12.8. The van der Waals surface area contributed by atoms with E-state index in [2.05, 4.69) is 47.8 Å². The summed E-state index contributed by atoms with van der Waals surface area (Å²) in [5.41, 5.74) is 0. The van der Waals surface area contributed by atoms with Gasteiger partial charge in [0.25, 0.3) is 0 Å². The van der Waals surface area contributed by atoms with Gasteiger partial charge < -0.3 is 9.52 Å². The summed E-state index contributed by atoms with van der Waals surface area (Å²) in [6, 6.07) is 3.63. The summed E-state index contributed by atoms with van der Waals surface area (Å²) in [6.45, 7) is 0. The number of hydrogen-bond donors (Lipinski definition) is 1. The lowest BCUT2D eigenvalue weighted by Crippen LogP contribution is -1.95. The molecule has 2 aromatic rings. The molecule has 0 spiro atoms. The van der Waals surface area contributed by atoms with Crippen LogP contribution in [0.1, 0.15) is 16.7 Å². The van der Waals surface area contributed by atoms with Crippen LogP contribution in [0.4, 0.5) is 0 Å². The summed E-state index contributed by atoms with van der Waals surface area (Å²) in [5, 5.41) is 10.0. The standard InChI is InChI=1S/C9H5Br3O2S/c10-4-1-2-14-8(4)7(13)6-3-5(11)9(12)15-6/h1-3,7,13H. The summed E-state index contributed by atoms with van der Waals surface area (Å²) in [7, 11) is 0. The third kappa shape index (κ3) is 2.39. The van der Waals surface area contributed by atoms with E-state index in [1.54, 1.807) is 12.3 Å². The third-order valence-electron chi connectivity index (χ3n) is 1.83. The number of thiophene rings is 1. The monoisotopic (exact) mass is 414 g/mol. The van der Waals surface area contributed by atoms with Gasteiger partial charge in [-0.25, -0.2) is 0 Å². The molecule has 1 atom stereocenters. The van der Waals surface area contributed by atoms with E-state index < -0.39 is 6.10 Å². The molecule has 0 aliphatic heterocycles. The first-order chi connectivity index (χ1) is 7.09. The molecule has 80 valence electrons. The molecule has 15 heavy (non-hydrogen) atoms. The number of rotatable bonds is 2. The molecule has 2 heterocycles. The summed E-state index contributed by atoms with van der Waals surface area (Å²) in [5.74, 6) is 0.524. The van der Waals surface area contributed by atoms with Gasteiger partial charge in [0.2, 0.25) is 0 Å². The van der Waals surface area contributed by atoms with Crippen molar-refractivity contribution in [3.8, 4) is 0 Å². The Hall–Kier alpha value is 0.380. The van der Waals surface area contributed by atoms with Crippen molar-refractivity contribution in [2.24, 2.45) is 0 Å². The van der Waals surface area contributed by atoms with Crippen molar-refractivity contribution in [1.82, 2.24) is 0 Å². The summed E-state index contributed by atoms with van der Waals surface area (Å²) < 4.78 is 7.87. The molecule has 0 radical (unpaired) electrons. The molecule has 0 aromatic carbocycles. The second kappa shape index (κ2) is 4.71. The number of furan rings is 1. The van der Waals surface area contributed by atoms with Crippen LogP contribution in [-0.4, -0.2) is 5.11 Å². The molecule has 0 aliphatic rings. The van der Waals surface area contributed by atoms with Crippen LogP contribution in [0.25, 0.3) is 0 Å². The fourth-order valence-electron chi connectivity index (χ4n) is 1.13. The first kappa shape index (κ1) is 11.9. The van der Waals surface area contributed by atoms with Gasteiger partial charge >= 0.3 is 0 Å². The Bertz CT molecular complexity index is 458. The minimum Gasteiger partial charge on any atom is -0.465 e. The smallest absolute Gasteiger partial charge is 0.151 e. The first-order valence-electron chi connectivity index (χ1n) is 3.95. The molecule has 0 saturated carbocycles. The van der Waals surface area contributed by atoms with Gasteiger partial charge in [0.05, 0.1) is 14.5 Å². The fraction of sp³-hybridized carbons (Fsp3) is 0.111. The van der Waals surface area contributed by atoms with E-state index >= 15 is 0 Å². The van der Waals surface area contributed by atoms with Crippen molar-refractivity contribution in [2.75, 3.05) is 0 Å². The predicted octanol–water partition coefficient (Wildman–Crippen LogP) is 4.71. The molecule has 1 unspecified atom stereocenters. The van der Waals surface area contributed by atoms with Gasteiger partial charge in [-0.3, -0.25) is 0 Å². The highest BCUT2D eigenvalue weighted by Crippen LogP contribution is 2.39. The van der Waals surface area contributed by atoms with Gasteiger partial charge in [0, 0.05) is 9.35 Å². The van der Waals surface area contributed by atoms with E-state index in [-0.39, 0.29) is 0 Å². The van der Waals surface area contributed by atoms with Gasteiger partial charge in [0.15, 0.2) is 5.76 Å². The normalized spacial score (nSPS) is 13.1. The molecule has 0 fully saturated rings.